The second kappa shape index (κ2) is 8.18. The van der Waals surface area contributed by atoms with E-state index in [2.05, 4.69) is 22.1 Å². The van der Waals surface area contributed by atoms with E-state index in [0.29, 0.717) is 44.8 Å². The maximum absolute atomic E-state index is 13.5. The summed E-state index contributed by atoms with van der Waals surface area (Å²) in [5, 5.41) is 18.4. The predicted molar refractivity (Wildman–Crippen MR) is 112 cm³/mol. The molecule has 0 bridgehead atoms. The molecule has 0 saturated carbocycles. The van der Waals surface area contributed by atoms with E-state index in [9.17, 15) is 15.3 Å². The summed E-state index contributed by atoms with van der Waals surface area (Å²) in [7, 11) is 0. The first-order chi connectivity index (χ1) is 14.7. The van der Waals surface area contributed by atoms with Crippen molar-refractivity contribution in [2.24, 2.45) is 0 Å². The molecule has 140 valence electrons. The molecule has 4 aromatic rings. The van der Waals surface area contributed by atoms with E-state index in [1.807, 2.05) is 12.1 Å². The number of nitrogens with zero attached hydrogens (tertiary/aromatic N) is 4. The number of ketones is 1. The lowest BCUT2D eigenvalue weighted by Gasteiger charge is -2.11. The second-order valence-electron chi connectivity index (χ2n) is 6.51. The van der Waals surface area contributed by atoms with Crippen molar-refractivity contribution in [1.82, 2.24) is 9.97 Å². The molecule has 5 nitrogen and oxygen atoms in total. The van der Waals surface area contributed by atoms with Crippen LogP contribution < -0.4 is 0 Å². The fraction of sp³-hybridized carbons (Fsp3) is 0. The third-order valence-electron chi connectivity index (χ3n) is 4.63. The van der Waals surface area contributed by atoms with Gasteiger partial charge in [0, 0.05) is 34.6 Å². The van der Waals surface area contributed by atoms with E-state index in [0.717, 1.165) is 0 Å². The van der Waals surface area contributed by atoms with Crippen molar-refractivity contribution in [3.8, 4) is 34.7 Å². The predicted octanol–water partition coefficient (Wildman–Crippen LogP) is 4.78. The van der Waals surface area contributed by atoms with Crippen LogP contribution in [0, 0.1) is 22.7 Å². The number of hydrogen-bond donors (Lipinski definition) is 0. The standard InChI is InChI=1S/C25H14N4O/c26-15-17-5-1-7-19(13-17)23-21(9-3-11-28-23)25(30)22-10-4-12-29-24(22)20-8-2-6-18(14-20)16-27/h1-14H. The molecule has 0 N–H and O–H groups in total. The molecule has 0 radical (unpaired) electrons. The lowest BCUT2D eigenvalue weighted by atomic mass is 9.94. The first-order valence-electron chi connectivity index (χ1n) is 9.17. The van der Waals surface area contributed by atoms with E-state index in [1.165, 1.54) is 0 Å². The van der Waals surface area contributed by atoms with Gasteiger partial charge in [-0.2, -0.15) is 10.5 Å². The largest absolute Gasteiger partial charge is 0.288 e. The molecule has 0 spiro atoms. The molecule has 30 heavy (non-hydrogen) atoms. The summed E-state index contributed by atoms with van der Waals surface area (Å²) < 4.78 is 0. The van der Waals surface area contributed by atoms with Gasteiger partial charge in [-0.05, 0) is 48.5 Å². The Bertz CT molecular complexity index is 1240. The number of hydrogen-bond acceptors (Lipinski definition) is 5. The summed E-state index contributed by atoms with van der Waals surface area (Å²) in [4.78, 5) is 22.3. The number of pyridine rings is 2. The third kappa shape index (κ3) is 3.56. The van der Waals surface area contributed by atoms with Gasteiger partial charge in [0.1, 0.15) is 0 Å². The molecule has 0 saturated heterocycles. The minimum atomic E-state index is -0.231. The molecular weight excluding hydrogens is 372 g/mol. The van der Waals surface area contributed by atoms with Crippen LogP contribution in [0.3, 0.4) is 0 Å². The Labute approximate surface area is 173 Å². The second-order valence-corrected chi connectivity index (χ2v) is 6.51. The van der Waals surface area contributed by atoms with Crippen LogP contribution in [-0.2, 0) is 0 Å². The van der Waals surface area contributed by atoms with Gasteiger partial charge < -0.3 is 0 Å². The Morgan fingerprint density at radius 3 is 1.57 bits per heavy atom. The summed E-state index contributed by atoms with van der Waals surface area (Å²) in [6.45, 7) is 0. The van der Waals surface area contributed by atoms with Crippen LogP contribution in [0.2, 0.25) is 0 Å². The zero-order valence-electron chi connectivity index (χ0n) is 15.8. The van der Waals surface area contributed by atoms with Crippen molar-refractivity contribution in [2.75, 3.05) is 0 Å². The molecule has 0 atom stereocenters. The number of carbonyl (C=O) groups is 1. The molecule has 4 rings (SSSR count). The monoisotopic (exact) mass is 386 g/mol. The summed E-state index contributed by atoms with van der Waals surface area (Å²) in [6.07, 6.45) is 3.23. The molecular formula is C25H14N4O. The van der Waals surface area contributed by atoms with Crippen LogP contribution in [0.1, 0.15) is 27.0 Å². The van der Waals surface area contributed by atoms with Crippen LogP contribution in [-0.4, -0.2) is 15.8 Å². The molecule has 0 unspecified atom stereocenters. The van der Waals surface area contributed by atoms with Crippen molar-refractivity contribution in [1.29, 1.82) is 10.5 Å². The number of rotatable bonds is 4. The smallest absolute Gasteiger partial charge is 0.197 e. The molecule has 0 aliphatic heterocycles. The van der Waals surface area contributed by atoms with E-state index in [1.54, 1.807) is 73.1 Å². The summed E-state index contributed by atoms with van der Waals surface area (Å²) in [6, 6.07) is 25.1. The molecule has 0 fully saturated rings. The van der Waals surface area contributed by atoms with Crippen LogP contribution in [0.15, 0.2) is 85.2 Å². The van der Waals surface area contributed by atoms with E-state index < -0.39 is 0 Å². The zero-order valence-corrected chi connectivity index (χ0v) is 15.8. The average Bonchev–Trinajstić information content (AvgIpc) is 2.83. The van der Waals surface area contributed by atoms with Crippen LogP contribution in [0.5, 0.6) is 0 Å². The van der Waals surface area contributed by atoms with E-state index in [-0.39, 0.29) is 5.78 Å². The number of aromatic nitrogens is 2. The Kier molecular flexibility index (Phi) is 5.11. The van der Waals surface area contributed by atoms with Gasteiger partial charge in [-0.3, -0.25) is 14.8 Å². The SMILES string of the molecule is N#Cc1cccc(-c2ncccc2C(=O)c2cccnc2-c2cccc(C#N)c2)c1. The highest BCUT2D eigenvalue weighted by Crippen LogP contribution is 2.28. The van der Waals surface area contributed by atoms with Crippen molar-refractivity contribution < 1.29 is 4.79 Å². The van der Waals surface area contributed by atoms with Crippen LogP contribution >= 0.6 is 0 Å². The first kappa shape index (κ1) is 18.7. The Morgan fingerprint density at radius 2 is 1.13 bits per heavy atom. The molecule has 2 heterocycles. The van der Waals surface area contributed by atoms with Gasteiger partial charge in [-0.15, -0.1) is 0 Å². The third-order valence-corrected chi connectivity index (χ3v) is 4.63. The summed E-state index contributed by atoms with van der Waals surface area (Å²) in [5.74, 6) is -0.231. The highest BCUT2D eigenvalue weighted by Gasteiger charge is 2.20. The van der Waals surface area contributed by atoms with Gasteiger partial charge in [-0.1, -0.05) is 24.3 Å². The lowest BCUT2D eigenvalue weighted by molar-refractivity contribution is 0.103. The fourth-order valence-electron chi connectivity index (χ4n) is 3.25. The number of nitriles is 2. The van der Waals surface area contributed by atoms with Gasteiger partial charge in [0.2, 0.25) is 0 Å². The van der Waals surface area contributed by atoms with Crippen molar-refractivity contribution in [3.05, 3.63) is 107 Å². The minimum Gasteiger partial charge on any atom is -0.288 e. The maximum Gasteiger partial charge on any atom is 0.197 e. The van der Waals surface area contributed by atoms with Crippen LogP contribution in [0.4, 0.5) is 0 Å². The van der Waals surface area contributed by atoms with Gasteiger partial charge in [0.25, 0.3) is 0 Å². The Morgan fingerprint density at radius 1 is 0.667 bits per heavy atom. The highest BCUT2D eigenvalue weighted by molar-refractivity contribution is 6.15. The molecule has 5 heteroatoms. The maximum atomic E-state index is 13.5. The van der Waals surface area contributed by atoms with Gasteiger partial charge in [0.05, 0.1) is 34.7 Å². The van der Waals surface area contributed by atoms with Crippen molar-refractivity contribution in [2.45, 2.75) is 0 Å². The quantitative estimate of drug-likeness (QED) is 0.471. The van der Waals surface area contributed by atoms with Crippen molar-refractivity contribution >= 4 is 5.78 Å². The first-order valence-corrected chi connectivity index (χ1v) is 9.17. The van der Waals surface area contributed by atoms with Gasteiger partial charge in [-0.25, -0.2) is 0 Å². The minimum absolute atomic E-state index is 0.231. The molecule has 2 aromatic heterocycles. The van der Waals surface area contributed by atoms with Crippen LogP contribution in [0.25, 0.3) is 22.5 Å². The lowest BCUT2D eigenvalue weighted by Crippen LogP contribution is -2.07. The summed E-state index contributed by atoms with van der Waals surface area (Å²) in [5.41, 5.74) is 4.20. The van der Waals surface area contributed by atoms with E-state index >= 15 is 0 Å². The van der Waals surface area contributed by atoms with Gasteiger partial charge >= 0.3 is 0 Å². The fourth-order valence-corrected chi connectivity index (χ4v) is 3.25. The summed E-state index contributed by atoms with van der Waals surface area (Å²) >= 11 is 0. The number of carbonyl (C=O) groups excluding carboxylic acids is 1. The molecule has 0 aliphatic rings. The Hall–Kier alpha value is -4.61. The average molecular weight is 386 g/mol. The Balaban J connectivity index is 1.85. The molecule has 0 aliphatic carbocycles. The van der Waals surface area contributed by atoms with Gasteiger partial charge in [0.15, 0.2) is 5.78 Å². The topological polar surface area (TPSA) is 90.4 Å². The molecule has 2 aromatic carbocycles. The highest BCUT2D eigenvalue weighted by atomic mass is 16.1. The number of benzene rings is 2. The zero-order chi connectivity index (χ0) is 20.9. The normalized spacial score (nSPS) is 10.1. The molecule has 0 amide bonds. The van der Waals surface area contributed by atoms with Crippen molar-refractivity contribution in [3.63, 3.8) is 0 Å². The van der Waals surface area contributed by atoms with E-state index in [4.69, 9.17) is 0 Å².